The fourth-order valence-corrected chi connectivity index (χ4v) is 2.91. The molecule has 1 aromatic rings. The Labute approximate surface area is 122 Å². The highest BCUT2D eigenvalue weighted by molar-refractivity contribution is 7.89. The molecule has 6 heteroatoms. The van der Waals surface area contributed by atoms with Gasteiger partial charge in [0.1, 0.15) is 0 Å². The Kier molecular flexibility index (Phi) is 7.59. The largest absolute Gasteiger partial charge is 0.329 e. The van der Waals surface area contributed by atoms with Crippen LogP contribution in [-0.2, 0) is 16.4 Å². The second-order valence-electron chi connectivity index (χ2n) is 5.00. The fraction of sp³-hybridized carbons (Fsp3) is 0.538. The van der Waals surface area contributed by atoms with Crippen molar-refractivity contribution in [2.75, 3.05) is 6.54 Å². The summed E-state index contributed by atoms with van der Waals surface area (Å²) in [6.07, 6.45) is 0.951. The highest BCUT2D eigenvalue weighted by atomic mass is 35.5. The first-order chi connectivity index (χ1) is 8.35. The van der Waals surface area contributed by atoms with Gasteiger partial charge < -0.3 is 5.73 Å². The van der Waals surface area contributed by atoms with Crippen LogP contribution < -0.4 is 10.5 Å². The number of hydrogen-bond acceptors (Lipinski definition) is 3. The van der Waals surface area contributed by atoms with E-state index in [1.807, 2.05) is 12.1 Å². The summed E-state index contributed by atoms with van der Waals surface area (Å²) in [6, 6.07) is 6.75. The molecule has 0 amide bonds. The summed E-state index contributed by atoms with van der Waals surface area (Å²) < 4.78 is 26.5. The van der Waals surface area contributed by atoms with Gasteiger partial charge in [-0.15, -0.1) is 12.4 Å². The van der Waals surface area contributed by atoms with E-state index in [-0.39, 0.29) is 29.9 Å². The minimum atomic E-state index is -3.45. The summed E-state index contributed by atoms with van der Waals surface area (Å²) >= 11 is 0. The number of benzene rings is 1. The first kappa shape index (κ1) is 18.4. The zero-order valence-electron chi connectivity index (χ0n) is 11.6. The number of rotatable bonds is 6. The van der Waals surface area contributed by atoms with Crippen LogP contribution in [-0.4, -0.2) is 21.0 Å². The van der Waals surface area contributed by atoms with Crippen LogP contribution in [0.1, 0.15) is 26.3 Å². The Morgan fingerprint density at radius 3 is 2.11 bits per heavy atom. The van der Waals surface area contributed by atoms with E-state index >= 15 is 0 Å². The zero-order chi connectivity index (χ0) is 13.8. The second-order valence-corrected chi connectivity index (χ2v) is 6.71. The quantitative estimate of drug-likeness (QED) is 0.843. The Morgan fingerprint density at radius 2 is 1.68 bits per heavy atom. The van der Waals surface area contributed by atoms with Gasteiger partial charge in [0.05, 0.1) is 4.90 Å². The van der Waals surface area contributed by atoms with Crippen molar-refractivity contribution in [2.24, 2.45) is 11.7 Å². The van der Waals surface area contributed by atoms with Gasteiger partial charge in [-0.25, -0.2) is 13.1 Å². The van der Waals surface area contributed by atoms with Crippen molar-refractivity contribution in [2.45, 2.75) is 38.1 Å². The van der Waals surface area contributed by atoms with Crippen LogP contribution in [0.25, 0.3) is 0 Å². The van der Waals surface area contributed by atoms with Crippen LogP contribution in [0.15, 0.2) is 29.2 Å². The lowest BCUT2D eigenvalue weighted by molar-refractivity contribution is 0.562. The van der Waals surface area contributed by atoms with E-state index in [0.29, 0.717) is 5.92 Å². The average Bonchev–Trinajstić information content (AvgIpc) is 2.28. The van der Waals surface area contributed by atoms with Crippen LogP contribution in [0.2, 0.25) is 0 Å². The first-order valence-corrected chi connectivity index (χ1v) is 7.65. The van der Waals surface area contributed by atoms with Crippen molar-refractivity contribution in [1.82, 2.24) is 4.72 Å². The van der Waals surface area contributed by atoms with E-state index in [9.17, 15) is 8.42 Å². The monoisotopic (exact) mass is 306 g/mol. The molecule has 1 rings (SSSR count). The molecule has 0 bridgehead atoms. The van der Waals surface area contributed by atoms with Crippen molar-refractivity contribution in [3.8, 4) is 0 Å². The maximum absolute atomic E-state index is 12.0. The summed E-state index contributed by atoms with van der Waals surface area (Å²) in [6.45, 7) is 6.29. The van der Waals surface area contributed by atoms with E-state index in [1.54, 1.807) is 19.1 Å². The van der Waals surface area contributed by atoms with Crippen LogP contribution in [0.3, 0.4) is 0 Å². The van der Waals surface area contributed by atoms with Gasteiger partial charge in [0.2, 0.25) is 10.0 Å². The molecular weight excluding hydrogens is 284 g/mol. The molecule has 19 heavy (non-hydrogen) atoms. The third-order valence-corrected chi connectivity index (χ3v) is 4.19. The van der Waals surface area contributed by atoms with Gasteiger partial charge in [0.25, 0.3) is 0 Å². The van der Waals surface area contributed by atoms with Crippen molar-refractivity contribution in [1.29, 1.82) is 0 Å². The van der Waals surface area contributed by atoms with Gasteiger partial charge in [-0.3, -0.25) is 0 Å². The van der Waals surface area contributed by atoms with Gasteiger partial charge in [0.15, 0.2) is 0 Å². The average molecular weight is 307 g/mol. The molecule has 1 aromatic carbocycles. The molecule has 0 saturated heterocycles. The topological polar surface area (TPSA) is 72.2 Å². The molecule has 0 aliphatic rings. The van der Waals surface area contributed by atoms with Crippen LogP contribution in [0.4, 0.5) is 0 Å². The van der Waals surface area contributed by atoms with Crippen LogP contribution >= 0.6 is 12.4 Å². The van der Waals surface area contributed by atoms with Crippen molar-refractivity contribution < 1.29 is 8.42 Å². The van der Waals surface area contributed by atoms with E-state index in [1.165, 1.54) is 0 Å². The maximum atomic E-state index is 12.0. The third-order valence-electron chi connectivity index (χ3n) is 2.59. The molecule has 0 radical (unpaired) electrons. The predicted octanol–water partition coefficient (Wildman–Crippen LogP) is 1.93. The normalized spacial score (nSPS) is 13.1. The smallest absolute Gasteiger partial charge is 0.240 e. The molecule has 1 atom stereocenters. The molecule has 3 N–H and O–H groups in total. The Balaban J connectivity index is 0.00000324. The molecule has 0 aromatic heterocycles. The molecule has 0 saturated carbocycles. The lowest BCUT2D eigenvalue weighted by Gasteiger charge is -2.12. The zero-order valence-corrected chi connectivity index (χ0v) is 13.2. The molecule has 0 aliphatic carbocycles. The standard InChI is InChI=1S/C13H22N2O2S.ClH/c1-10(2)8-12-4-6-13(7-5-12)18(16,17)15-11(3)9-14;/h4-7,10-11,15H,8-9,14H2,1-3H3;1H/t11-;/m1./s1. The Hall–Kier alpha value is -0.620. The molecule has 110 valence electrons. The lowest BCUT2D eigenvalue weighted by Crippen LogP contribution is -2.37. The number of sulfonamides is 1. The molecule has 0 spiro atoms. The number of nitrogens with one attached hydrogen (secondary N) is 1. The number of hydrogen-bond donors (Lipinski definition) is 2. The highest BCUT2D eigenvalue weighted by Gasteiger charge is 2.16. The maximum Gasteiger partial charge on any atom is 0.240 e. The highest BCUT2D eigenvalue weighted by Crippen LogP contribution is 2.13. The molecule has 0 heterocycles. The molecule has 4 nitrogen and oxygen atoms in total. The summed E-state index contributed by atoms with van der Waals surface area (Å²) in [5.41, 5.74) is 6.56. The lowest BCUT2D eigenvalue weighted by atomic mass is 10.0. The molecule has 0 unspecified atom stereocenters. The number of halogens is 1. The van der Waals surface area contributed by atoms with E-state index in [4.69, 9.17) is 5.73 Å². The van der Waals surface area contributed by atoms with E-state index in [2.05, 4.69) is 18.6 Å². The van der Waals surface area contributed by atoms with Crippen LogP contribution in [0, 0.1) is 5.92 Å². The van der Waals surface area contributed by atoms with Crippen molar-refractivity contribution in [3.63, 3.8) is 0 Å². The Morgan fingerprint density at radius 1 is 1.16 bits per heavy atom. The Bertz CT molecular complexity index is 472. The summed E-state index contributed by atoms with van der Waals surface area (Å²) in [5.74, 6) is 0.558. The summed E-state index contributed by atoms with van der Waals surface area (Å²) in [7, 11) is -3.45. The second kappa shape index (κ2) is 7.85. The summed E-state index contributed by atoms with van der Waals surface area (Å²) in [5, 5.41) is 0. The molecular formula is C13H23ClN2O2S. The molecule has 0 aliphatic heterocycles. The van der Waals surface area contributed by atoms with Gasteiger partial charge in [0, 0.05) is 12.6 Å². The van der Waals surface area contributed by atoms with E-state index in [0.717, 1.165) is 12.0 Å². The van der Waals surface area contributed by atoms with Gasteiger partial charge in [-0.2, -0.15) is 0 Å². The predicted molar refractivity (Wildman–Crippen MR) is 81.1 cm³/mol. The van der Waals surface area contributed by atoms with Gasteiger partial charge in [-0.05, 0) is 37.0 Å². The van der Waals surface area contributed by atoms with Crippen molar-refractivity contribution in [3.05, 3.63) is 29.8 Å². The fourth-order valence-electron chi connectivity index (χ4n) is 1.66. The van der Waals surface area contributed by atoms with Crippen molar-refractivity contribution >= 4 is 22.4 Å². The first-order valence-electron chi connectivity index (χ1n) is 6.16. The minimum absolute atomic E-state index is 0. The van der Waals surface area contributed by atoms with Crippen LogP contribution in [0.5, 0.6) is 0 Å². The molecule has 0 fully saturated rings. The van der Waals surface area contributed by atoms with Gasteiger partial charge >= 0.3 is 0 Å². The minimum Gasteiger partial charge on any atom is -0.329 e. The third kappa shape index (κ3) is 5.91. The summed E-state index contributed by atoms with van der Waals surface area (Å²) in [4.78, 5) is 0.287. The van der Waals surface area contributed by atoms with E-state index < -0.39 is 10.0 Å². The van der Waals surface area contributed by atoms with Gasteiger partial charge in [-0.1, -0.05) is 26.0 Å². The number of nitrogens with two attached hydrogens (primary N) is 1. The SMILES string of the molecule is CC(C)Cc1ccc(S(=O)(=O)N[C@H](C)CN)cc1.Cl.